The molecule has 30 heavy (non-hydrogen) atoms. The number of carbonyl (C=O) groups excluding carboxylic acids is 4. The minimum atomic E-state index is -0.893. The van der Waals surface area contributed by atoms with Crippen LogP contribution in [0.4, 0.5) is 0 Å². The molecule has 2 aliphatic heterocycles. The van der Waals surface area contributed by atoms with Crippen molar-refractivity contribution in [2.24, 2.45) is 0 Å². The summed E-state index contributed by atoms with van der Waals surface area (Å²) in [6.07, 6.45) is 1.71. The van der Waals surface area contributed by atoms with E-state index in [1.54, 1.807) is 42.5 Å². The Hall–Kier alpha value is -3.00. The van der Waals surface area contributed by atoms with E-state index >= 15 is 0 Å². The van der Waals surface area contributed by atoms with Crippen molar-refractivity contribution in [2.75, 3.05) is 13.1 Å². The fourth-order valence-corrected chi connectivity index (χ4v) is 4.64. The van der Waals surface area contributed by atoms with Gasteiger partial charge in [0.05, 0.1) is 17.5 Å². The highest BCUT2D eigenvalue weighted by Crippen LogP contribution is 2.24. The van der Waals surface area contributed by atoms with E-state index in [0.29, 0.717) is 43.5 Å². The smallest absolute Gasteiger partial charge is 0.262 e. The third-order valence-corrected chi connectivity index (χ3v) is 6.57. The Balaban J connectivity index is 1.30. The molecule has 1 fully saturated rings. The minimum Gasteiger partial charge on any atom is -0.351 e. The number of fused-ring (bicyclic) bond motifs is 1. The first-order chi connectivity index (χ1) is 14.5. The summed E-state index contributed by atoms with van der Waals surface area (Å²) in [7, 11) is 0. The zero-order valence-corrected chi connectivity index (χ0v) is 17.5. The standard InChI is InChI=1S/C22H23N3O4S/c1-14(25-21(28)17-6-2-3-7-18(17)22(25)29)20(27)23-15-8-10-24(11-9-15)19(26)13-16-5-4-12-30-16/h2-7,12,14-15H,8-11,13H2,1H3,(H,23,27). The summed E-state index contributed by atoms with van der Waals surface area (Å²) in [5.74, 6) is -1.13. The van der Waals surface area contributed by atoms with Crippen LogP contribution in [0.5, 0.6) is 0 Å². The first-order valence-electron chi connectivity index (χ1n) is 10.0. The van der Waals surface area contributed by atoms with Crippen molar-refractivity contribution in [3.05, 3.63) is 57.8 Å². The van der Waals surface area contributed by atoms with E-state index in [1.807, 2.05) is 22.4 Å². The van der Waals surface area contributed by atoms with Crippen LogP contribution in [0.3, 0.4) is 0 Å². The number of hydrogen-bond acceptors (Lipinski definition) is 5. The lowest BCUT2D eigenvalue weighted by Gasteiger charge is -2.33. The van der Waals surface area contributed by atoms with Crippen molar-refractivity contribution in [1.29, 1.82) is 0 Å². The van der Waals surface area contributed by atoms with Crippen molar-refractivity contribution in [3.63, 3.8) is 0 Å². The lowest BCUT2D eigenvalue weighted by atomic mass is 10.0. The number of nitrogens with zero attached hydrogens (tertiary/aromatic N) is 2. The van der Waals surface area contributed by atoms with Gasteiger partial charge in [0.15, 0.2) is 0 Å². The minimum absolute atomic E-state index is 0.0825. The normalized spacial score (nSPS) is 17.8. The molecule has 1 N–H and O–H groups in total. The molecule has 0 radical (unpaired) electrons. The summed E-state index contributed by atoms with van der Waals surface area (Å²) in [5, 5.41) is 4.91. The van der Waals surface area contributed by atoms with Crippen molar-refractivity contribution >= 4 is 35.0 Å². The summed E-state index contributed by atoms with van der Waals surface area (Å²) in [4.78, 5) is 54.2. The number of rotatable bonds is 5. The molecule has 2 aromatic rings. The summed E-state index contributed by atoms with van der Waals surface area (Å²) >= 11 is 1.57. The van der Waals surface area contributed by atoms with Gasteiger partial charge in [0, 0.05) is 24.0 Å². The van der Waals surface area contributed by atoms with Crippen LogP contribution in [0.25, 0.3) is 0 Å². The highest BCUT2D eigenvalue weighted by atomic mass is 32.1. The third-order valence-electron chi connectivity index (χ3n) is 5.69. The first-order valence-corrected chi connectivity index (χ1v) is 10.9. The Bertz CT molecular complexity index is 945. The molecule has 4 rings (SSSR count). The predicted molar refractivity (Wildman–Crippen MR) is 112 cm³/mol. The second-order valence-corrected chi connectivity index (χ2v) is 8.65. The molecule has 0 aliphatic carbocycles. The number of thiophene rings is 1. The summed E-state index contributed by atoms with van der Waals surface area (Å²) in [6, 6.07) is 9.52. The van der Waals surface area contributed by atoms with Gasteiger partial charge in [-0.2, -0.15) is 0 Å². The van der Waals surface area contributed by atoms with E-state index in [2.05, 4.69) is 5.32 Å². The number of carbonyl (C=O) groups is 4. The van der Waals surface area contributed by atoms with Gasteiger partial charge < -0.3 is 10.2 Å². The van der Waals surface area contributed by atoms with Gasteiger partial charge >= 0.3 is 0 Å². The number of amides is 4. The lowest BCUT2D eigenvalue weighted by molar-refractivity contribution is -0.131. The number of hydrogen-bond donors (Lipinski definition) is 1. The van der Waals surface area contributed by atoms with Gasteiger partial charge in [-0.15, -0.1) is 11.3 Å². The van der Waals surface area contributed by atoms with E-state index in [4.69, 9.17) is 0 Å². The number of piperidine rings is 1. The SMILES string of the molecule is CC(C(=O)NC1CCN(C(=O)Cc2cccs2)CC1)N1C(=O)c2ccccc2C1=O. The average molecular weight is 426 g/mol. The van der Waals surface area contributed by atoms with E-state index in [-0.39, 0.29) is 17.9 Å². The summed E-state index contributed by atoms with van der Waals surface area (Å²) < 4.78 is 0. The fraction of sp³-hybridized carbons (Fsp3) is 0.364. The van der Waals surface area contributed by atoms with Gasteiger partial charge in [-0.1, -0.05) is 18.2 Å². The molecule has 7 nitrogen and oxygen atoms in total. The maximum Gasteiger partial charge on any atom is 0.262 e. The maximum absolute atomic E-state index is 12.7. The van der Waals surface area contributed by atoms with E-state index in [0.717, 1.165) is 9.78 Å². The monoisotopic (exact) mass is 425 g/mol. The first kappa shape index (κ1) is 20.3. The molecule has 1 aromatic carbocycles. The molecule has 1 unspecified atom stereocenters. The van der Waals surface area contributed by atoms with Gasteiger partial charge in [-0.3, -0.25) is 24.1 Å². The molecule has 4 amide bonds. The molecule has 3 heterocycles. The maximum atomic E-state index is 12.7. The summed E-state index contributed by atoms with van der Waals surface area (Å²) in [5.41, 5.74) is 0.666. The highest BCUT2D eigenvalue weighted by molar-refractivity contribution is 7.10. The van der Waals surface area contributed by atoms with Crippen molar-refractivity contribution in [3.8, 4) is 0 Å². The van der Waals surface area contributed by atoms with Gasteiger partial charge in [0.25, 0.3) is 11.8 Å². The van der Waals surface area contributed by atoms with Gasteiger partial charge in [-0.25, -0.2) is 0 Å². The number of likely N-dealkylation sites (tertiary alicyclic amines) is 1. The molecule has 0 bridgehead atoms. The van der Waals surface area contributed by atoms with E-state index < -0.39 is 17.9 Å². The highest BCUT2D eigenvalue weighted by Gasteiger charge is 2.41. The Kier molecular flexibility index (Phi) is 5.67. The van der Waals surface area contributed by atoms with Gasteiger partial charge in [0.1, 0.15) is 6.04 Å². The second-order valence-electron chi connectivity index (χ2n) is 7.62. The number of nitrogens with one attached hydrogen (secondary N) is 1. The van der Waals surface area contributed by atoms with Gasteiger partial charge in [0.2, 0.25) is 11.8 Å². The van der Waals surface area contributed by atoms with Crippen LogP contribution in [0.1, 0.15) is 45.4 Å². The molecular formula is C22H23N3O4S. The van der Waals surface area contributed by atoms with Gasteiger partial charge in [-0.05, 0) is 43.3 Å². The van der Waals surface area contributed by atoms with Crippen LogP contribution >= 0.6 is 11.3 Å². The van der Waals surface area contributed by atoms with Crippen LogP contribution in [0.15, 0.2) is 41.8 Å². The average Bonchev–Trinajstić information content (AvgIpc) is 3.35. The number of benzene rings is 1. The lowest BCUT2D eigenvalue weighted by Crippen LogP contribution is -2.53. The molecule has 0 saturated carbocycles. The predicted octanol–water partition coefficient (Wildman–Crippen LogP) is 2.08. The number of imide groups is 1. The van der Waals surface area contributed by atoms with Crippen molar-refractivity contribution in [1.82, 2.24) is 15.1 Å². The zero-order valence-electron chi connectivity index (χ0n) is 16.7. The summed E-state index contributed by atoms with van der Waals surface area (Å²) in [6.45, 7) is 2.73. The van der Waals surface area contributed by atoms with Crippen LogP contribution < -0.4 is 5.32 Å². The molecule has 1 aromatic heterocycles. The van der Waals surface area contributed by atoms with E-state index in [9.17, 15) is 19.2 Å². The van der Waals surface area contributed by atoms with E-state index in [1.165, 1.54) is 0 Å². The molecule has 2 aliphatic rings. The molecule has 0 spiro atoms. The largest absolute Gasteiger partial charge is 0.351 e. The quantitative estimate of drug-likeness (QED) is 0.743. The van der Waals surface area contributed by atoms with Crippen LogP contribution in [-0.4, -0.2) is 58.6 Å². The van der Waals surface area contributed by atoms with Crippen molar-refractivity contribution in [2.45, 2.75) is 38.3 Å². The molecule has 8 heteroatoms. The molecule has 1 saturated heterocycles. The van der Waals surface area contributed by atoms with Crippen LogP contribution in [0, 0.1) is 0 Å². The Morgan fingerprint density at radius 1 is 1.07 bits per heavy atom. The Morgan fingerprint density at radius 3 is 2.27 bits per heavy atom. The fourth-order valence-electron chi connectivity index (χ4n) is 3.95. The molecule has 1 atom stereocenters. The van der Waals surface area contributed by atoms with Crippen molar-refractivity contribution < 1.29 is 19.2 Å². The molecule has 156 valence electrons. The molecular weight excluding hydrogens is 402 g/mol. The topological polar surface area (TPSA) is 86.8 Å². The second kappa shape index (κ2) is 8.39. The van der Waals surface area contributed by atoms with Crippen LogP contribution in [0.2, 0.25) is 0 Å². The Labute approximate surface area is 178 Å². The third kappa shape index (κ3) is 3.87. The Morgan fingerprint density at radius 2 is 1.70 bits per heavy atom. The zero-order chi connectivity index (χ0) is 21.3. The van der Waals surface area contributed by atoms with Crippen LogP contribution in [-0.2, 0) is 16.0 Å².